The van der Waals surface area contributed by atoms with Crippen LogP contribution in [0.3, 0.4) is 0 Å². The summed E-state index contributed by atoms with van der Waals surface area (Å²) in [6.45, 7) is 0. The summed E-state index contributed by atoms with van der Waals surface area (Å²) in [6, 6.07) is 0. The lowest BCUT2D eigenvalue weighted by atomic mass is 10.3. The minimum atomic E-state index is 0.0154. The topological polar surface area (TPSA) is 0 Å². The van der Waals surface area contributed by atoms with Crippen LogP contribution in [0.2, 0.25) is 0 Å². The van der Waals surface area contributed by atoms with E-state index >= 15 is 0 Å². The van der Waals surface area contributed by atoms with Crippen molar-refractivity contribution in [2.45, 2.75) is 17.2 Å². The first-order valence-electron chi connectivity index (χ1n) is 2.15. The standard InChI is InChI=1S/C5H5Cl2/c6-4-2-1-3-5(4)7/h2,4-5H,3H2. The number of alkyl halides is 2. The predicted octanol–water partition coefficient (Wildman–Crippen LogP) is 1.96. The summed E-state index contributed by atoms with van der Waals surface area (Å²) >= 11 is 11.2. The highest BCUT2D eigenvalue weighted by molar-refractivity contribution is 6.31. The second-order valence-electron chi connectivity index (χ2n) is 1.54. The fourth-order valence-corrected chi connectivity index (χ4v) is 0.850. The summed E-state index contributed by atoms with van der Waals surface area (Å²) in [7, 11) is 0. The number of allylic oxidation sites excluding steroid dienone is 2. The maximum atomic E-state index is 5.64. The molecule has 1 radical (unpaired) electrons. The Morgan fingerprint density at radius 3 is 2.43 bits per heavy atom. The molecule has 2 unspecified atom stereocenters. The van der Waals surface area contributed by atoms with Crippen LogP contribution >= 0.6 is 23.2 Å². The van der Waals surface area contributed by atoms with Gasteiger partial charge >= 0.3 is 0 Å². The van der Waals surface area contributed by atoms with Gasteiger partial charge in [-0.25, -0.2) is 0 Å². The molecule has 0 saturated carbocycles. The molecule has 1 rings (SSSR count). The predicted molar refractivity (Wildman–Crippen MR) is 31.7 cm³/mol. The van der Waals surface area contributed by atoms with Gasteiger partial charge in [0.2, 0.25) is 0 Å². The Bertz CT molecular complexity index is 88.1. The zero-order chi connectivity index (χ0) is 5.28. The average molecular weight is 136 g/mol. The lowest BCUT2D eigenvalue weighted by Crippen LogP contribution is -2.04. The SMILES string of the molecule is ClC1C=[C]CC1Cl. The van der Waals surface area contributed by atoms with Gasteiger partial charge in [0, 0.05) is 0 Å². The van der Waals surface area contributed by atoms with Crippen molar-refractivity contribution in [3.8, 4) is 0 Å². The van der Waals surface area contributed by atoms with Gasteiger partial charge in [0.1, 0.15) is 0 Å². The van der Waals surface area contributed by atoms with Crippen molar-refractivity contribution in [2.24, 2.45) is 0 Å². The van der Waals surface area contributed by atoms with Crippen molar-refractivity contribution >= 4 is 23.2 Å². The monoisotopic (exact) mass is 135 g/mol. The fraction of sp³-hybridized carbons (Fsp3) is 0.600. The Morgan fingerprint density at radius 1 is 1.57 bits per heavy atom. The van der Waals surface area contributed by atoms with E-state index in [1.165, 1.54) is 0 Å². The van der Waals surface area contributed by atoms with Gasteiger partial charge in [-0.2, -0.15) is 0 Å². The first kappa shape index (κ1) is 5.46. The van der Waals surface area contributed by atoms with Gasteiger partial charge in [-0.05, 0) is 12.5 Å². The summed E-state index contributed by atoms with van der Waals surface area (Å²) in [5, 5.41) is 0.100. The molecular weight excluding hydrogens is 131 g/mol. The van der Waals surface area contributed by atoms with Crippen LogP contribution in [0.1, 0.15) is 6.42 Å². The van der Waals surface area contributed by atoms with E-state index < -0.39 is 0 Å². The van der Waals surface area contributed by atoms with E-state index in [-0.39, 0.29) is 10.8 Å². The molecule has 39 valence electrons. The van der Waals surface area contributed by atoms with Crippen molar-refractivity contribution < 1.29 is 0 Å². The Balaban J connectivity index is 2.45. The van der Waals surface area contributed by atoms with Gasteiger partial charge in [-0.1, -0.05) is 6.08 Å². The van der Waals surface area contributed by atoms with E-state index in [1.807, 2.05) is 0 Å². The zero-order valence-electron chi connectivity index (χ0n) is 3.70. The first-order valence-corrected chi connectivity index (χ1v) is 3.03. The van der Waals surface area contributed by atoms with Crippen LogP contribution in [0.25, 0.3) is 0 Å². The Labute approximate surface area is 53.1 Å². The number of hydrogen-bond donors (Lipinski definition) is 0. The molecule has 2 heteroatoms. The van der Waals surface area contributed by atoms with E-state index in [2.05, 4.69) is 6.08 Å². The molecule has 7 heavy (non-hydrogen) atoms. The van der Waals surface area contributed by atoms with Gasteiger partial charge in [0.15, 0.2) is 0 Å². The summed E-state index contributed by atoms with van der Waals surface area (Å²) in [5.41, 5.74) is 0. The van der Waals surface area contributed by atoms with Gasteiger partial charge in [-0.15, -0.1) is 23.2 Å². The van der Waals surface area contributed by atoms with Crippen molar-refractivity contribution in [2.75, 3.05) is 0 Å². The number of hydrogen-bond acceptors (Lipinski definition) is 0. The Hall–Kier alpha value is 0.320. The molecule has 0 N–H and O–H groups in total. The molecule has 1 aliphatic rings. The van der Waals surface area contributed by atoms with Gasteiger partial charge < -0.3 is 0 Å². The van der Waals surface area contributed by atoms with Crippen molar-refractivity contribution in [3.05, 3.63) is 12.2 Å². The minimum Gasteiger partial charge on any atom is -0.121 e. The zero-order valence-corrected chi connectivity index (χ0v) is 5.21. The van der Waals surface area contributed by atoms with Crippen LogP contribution in [0.15, 0.2) is 6.08 Å². The molecule has 0 aromatic carbocycles. The van der Waals surface area contributed by atoms with Crippen molar-refractivity contribution in [1.82, 2.24) is 0 Å². The van der Waals surface area contributed by atoms with Gasteiger partial charge in [-0.3, -0.25) is 0 Å². The van der Waals surface area contributed by atoms with Gasteiger partial charge in [0.25, 0.3) is 0 Å². The molecular formula is C5H5Cl2. The highest BCUT2D eigenvalue weighted by Crippen LogP contribution is 2.20. The van der Waals surface area contributed by atoms with E-state index in [4.69, 9.17) is 23.2 Å². The third kappa shape index (κ3) is 1.11. The molecule has 2 atom stereocenters. The van der Waals surface area contributed by atoms with E-state index in [1.54, 1.807) is 6.08 Å². The molecule has 0 bridgehead atoms. The normalized spacial score (nSPS) is 39.7. The number of rotatable bonds is 0. The smallest absolute Gasteiger partial charge is 0.0688 e. The molecule has 0 heterocycles. The van der Waals surface area contributed by atoms with Crippen LogP contribution in [0.5, 0.6) is 0 Å². The minimum absolute atomic E-state index is 0.0154. The van der Waals surface area contributed by atoms with Gasteiger partial charge in [0.05, 0.1) is 10.8 Å². The lowest BCUT2D eigenvalue weighted by Gasteiger charge is -1.99. The highest BCUT2D eigenvalue weighted by Gasteiger charge is 2.16. The van der Waals surface area contributed by atoms with E-state index in [0.29, 0.717) is 0 Å². The molecule has 0 saturated heterocycles. The number of halogens is 2. The maximum Gasteiger partial charge on any atom is 0.0688 e. The molecule has 0 aliphatic heterocycles. The first-order chi connectivity index (χ1) is 3.30. The summed E-state index contributed by atoms with van der Waals surface area (Å²) in [6.07, 6.45) is 5.54. The maximum absolute atomic E-state index is 5.64. The fourth-order valence-electron chi connectivity index (χ4n) is 0.510. The summed E-state index contributed by atoms with van der Waals surface area (Å²) in [5.74, 6) is 0. The van der Waals surface area contributed by atoms with Crippen LogP contribution in [0, 0.1) is 6.08 Å². The van der Waals surface area contributed by atoms with E-state index in [0.717, 1.165) is 6.42 Å². The van der Waals surface area contributed by atoms with E-state index in [9.17, 15) is 0 Å². The third-order valence-electron chi connectivity index (χ3n) is 0.935. The Morgan fingerprint density at radius 2 is 2.29 bits per heavy atom. The third-order valence-corrected chi connectivity index (χ3v) is 1.92. The van der Waals surface area contributed by atoms with Crippen molar-refractivity contribution in [3.63, 3.8) is 0 Å². The van der Waals surface area contributed by atoms with Crippen LogP contribution < -0.4 is 0 Å². The summed E-state index contributed by atoms with van der Waals surface area (Å²) in [4.78, 5) is 0. The highest BCUT2D eigenvalue weighted by atomic mass is 35.5. The molecule has 0 spiro atoms. The second kappa shape index (κ2) is 2.06. The largest absolute Gasteiger partial charge is 0.121 e. The molecule has 0 fully saturated rings. The average Bonchev–Trinajstić information content (AvgIpc) is 1.91. The molecule has 0 nitrogen and oxygen atoms in total. The molecule has 0 amide bonds. The lowest BCUT2D eigenvalue weighted by molar-refractivity contribution is 0.938. The second-order valence-corrected chi connectivity index (χ2v) is 2.60. The summed E-state index contributed by atoms with van der Waals surface area (Å²) < 4.78 is 0. The van der Waals surface area contributed by atoms with Crippen LogP contribution in [-0.2, 0) is 0 Å². The van der Waals surface area contributed by atoms with Crippen LogP contribution in [0.4, 0.5) is 0 Å². The molecule has 0 aromatic heterocycles. The molecule has 0 aromatic rings. The quantitative estimate of drug-likeness (QED) is 0.446. The Kier molecular flexibility index (Phi) is 1.61. The molecule has 1 aliphatic carbocycles. The van der Waals surface area contributed by atoms with Crippen molar-refractivity contribution in [1.29, 1.82) is 0 Å². The van der Waals surface area contributed by atoms with Crippen LogP contribution in [-0.4, -0.2) is 10.8 Å².